The highest BCUT2D eigenvalue weighted by Gasteiger charge is 2.20. The average molecular weight is 377 g/mol. The van der Waals surface area contributed by atoms with Crippen LogP contribution in [0.2, 0.25) is 0 Å². The second-order valence-corrected chi connectivity index (χ2v) is 6.40. The minimum Gasteiger partial charge on any atom is -0.486 e. The fraction of sp³-hybridized carbons (Fsp3) is 0.238. The van der Waals surface area contributed by atoms with Gasteiger partial charge in [0.1, 0.15) is 12.7 Å². The molecule has 0 radical (unpaired) electrons. The summed E-state index contributed by atoms with van der Waals surface area (Å²) in [6.07, 6.45) is 5.43. The van der Waals surface area contributed by atoms with E-state index in [1.54, 1.807) is 19.6 Å². The van der Waals surface area contributed by atoms with Gasteiger partial charge in [-0.3, -0.25) is 4.99 Å². The lowest BCUT2D eigenvalue weighted by Gasteiger charge is -2.27. The number of nitrogens with zero attached hydrogens (tertiary/aromatic N) is 3. The smallest absolute Gasteiger partial charge is 0.191 e. The zero-order valence-corrected chi connectivity index (χ0v) is 15.7. The molecule has 2 heterocycles. The predicted octanol–water partition coefficient (Wildman–Crippen LogP) is 2.38. The maximum absolute atomic E-state index is 5.98. The topological polar surface area (TPSA) is 72.7 Å². The van der Waals surface area contributed by atoms with Crippen LogP contribution in [0.15, 0.2) is 72.2 Å². The van der Waals surface area contributed by atoms with Gasteiger partial charge >= 0.3 is 0 Å². The van der Waals surface area contributed by atoms with Gasteiger partial charge in [0.25, 0.3) is 0 Å². The van der Waals surface area contributed by atoms with E-state index in [2.05, 4.69) is 32.7 Å². The fourth-order valence-electron chi connectivity index (χ4n) is 3.09. The van der Waals surface area contributed by atoms with Crippen LogP contribution in [0.25, 0.3) is 5.69 Å². The molecule has 0 aliphatic carbocycles. The van der Waals surface area contributed by atoms with Gasteiger partial charge in [-0.2, -0.15) is 0 Å². The number of rotatable bonds is 5. The SMILES string of the molecule is CN=C(NCc1ccccc1-n1ccnc1)NCC1COc2ccccc2O1. The van der Waals surface area contributed by atoms with Gasteiger partial charge in [0, 0.05) is 26.0 Å². The summed E-state index contributed by atoms with van der Waals surface area (Å²) in [6.45, 7) is 1.74. The predicted molar refractivity (Wildman–Crippen MR) is 108 cm³/mol. The van der Waals surface area contributed by atoms with E-state index in [0.29, 0.717) is 25.7 Å². The monoisotopic (exact) mass is 377 g/mol. The molecule has 28 heavy (non-hydrogen) atoms. The average Bonchev–Trinajstić information content (AvgIpc) is 3.29. The molecule has 0 amide bonds. The van der Waals surface area contributed by atoms with Crippen LogP contribution in [0.4, 0.5) is 0 Å². The van der Waals surface area contributed by atoms with Crippen molar-refractivity contribution in [1.82, 2.24) is 20.2 Å². The Bertz CT molecular complexity index is 939. The Morgan fingerprint density at radius 2 is 1.96 bits per heavy atom. The molecule has 2 N–H and O–H groups in total. The van der Waals surface area contributed by atoms with E-state index in [1.165, 1.54) is 0 Å². The van der Waals surface area contributed by atoms with Gasteiger partial charge in [0.05, 0.1) is 18.6 Å². The Labute approximate surface area is 164 Å². The lowest BCUT2D eigenvalue weighted by molar-refractivity contribution is 0.0936. The van der Waals surface area contributed by atoms with E-state index < -0.39 is 0 Å². The van der Waals surface area contributed by atoms with Crippen LogP contribution in [0.5, 0.6) is 11.5 Å². The number of nitrogens with one attached hydrogen (secondary N) is 2. The highest BCUT2D eigenvalue weighted by atomic mass is 16.6. The molecular weight excluding hydrogens is 354 g/mol. The lowest BCUT2D eigenvalue weighted by Crippen LogP contribution is -2.45. The van der Waals surface area contributed by atoms with Crippen molar-refractivity contribution >= 4 is 5.96 Å². The van der Waals surface area contributed by atoms with E-state index in [4.69, 9.17) is 9.47 Å². The quantitative estimate of drug-likeness (QED) is 0.528. The first-order chi connectivity index (χ1) is 13.8. The van der Waals surface area contributed by atoms with Crippen molar-refractivity contribution in [2.45, 2.75) is 12.6 Å². The van der Waals surface area contributed by atoms with Crippen molar-refractivity contribution in [2.24, 2.45) is 4.99 Å². The zero-order valence-electron chi connectivity index (χ0n) is 15.7. The second-order valence-electron chi connectivity index (χ2n) is 6.40. The number of hydrogen-bond donors (Lipinski definition) is 2. The summed E-state index contributed by atoms with van der Waals surface area (Å²) in [6, 6.07) is 15.9. The molecule has 1 unspecified atom stereocenters. The maximum Gasteiger partial charge on any atom is 0.191 e. The molecule has 0 fully saturated rings. The molecule has 1 atom stereocenters. The Morgan fingerprint density at radius 1 is 1.14 bits per heavy atom. The molecular formula is C21H23N5O2. The van der Waals surface area contributed by atoms with E-state index in [0.717, 1.165) is 22.7 Å². The molecule has 1 aliphatic rings. The van der Waals surface area contributed by atoms with E-state index in [1.807, 2.05) is 47.2 Å². The van der Waals surface area contributed by atoms with Crippen LogP contribution in [-0.2, 0) is 6.54 Å². The van der Waals surface area contributed by atoms with Gasteiger partial charge in [-0.15, -0.1) is 0 Å². The molecule has 144 valence electrons. The van der Waals surface area contributed by atoms with Gasteiger partial charge in [0.15, 0.2) is 17.5 Å². The van der Waals surface area contributed by atoms with Crippen molar-refractivity contribution in [2.75, 3.05) is 20.2 Å². The summed E-state index contributed by atoms with van der Waals surface area (Å²) in [7, 11) is 1.75. The zero-order chi connectivity index (χ0) is 19.2. The molecule has 1 aromatic heterocycles. The number of para-hydroxylation sites is 3. The highest BCUT2D eigenvalue weighted by Crippen LogP contribution is 2.30. The summed E-state index contributed by atoms with van der Waals surface area (Å²) in [5, 5.41) is 6.66. The largest absolute Gasteiger partial charge is 0.486 e. The summed E-state index contributed by atoms with van der Waals surface area (Å²) in [5.41, 5.74) is 2.23. The number of fused-ring (bicyclic) bond motifs is 1. The summed E-state index contributed by atoms with van der Waals surface area (Å²) >= 11 is 0. The number of ether oxygens (including phenoxy) is 2. The van der Waals surface area contributed by atoms with Crippen molar-refractivity contribution in [3.63, 3.8) is 0 Å². The number of aromatic nitrogens is 2. The normalized spacial score (nSPS) is 15.9. The van der Waals surface area contributed by atoms with Crippen molar-refractivity contribution in [3.8, 4) is 17.2 Å². The van der Waals surface area contributed by atoms with E-state index in [-0.39, 0.29) is 6.10 Å². The highest BCUT2D eigenvalue weighted by molar-refractivity contribution is 5.79. The molecule has 7 nitrogen and oxygen atoms in total. The molecule has 3 aromatic rings. The first-order valence-corrected chi connectivity index (χ1v) is 9.23. The number of aliphatic imine (C=N–C) groups is 1. The lowest BCUT2D eigenvalue weighted by atomic mass is 10.1. The van der Waals surface area contributed by atoms with E-state index >= 15 is 0 Å². The minimum atomic E-state index is -0.0771. The van der Waals surface area contributed by atoms with Gasteiger partial charge in [-0.05, 0) is 23.8 Å². The van der Waals surface area contributed by atoms with E-state index in [9.17, 15) is 0 Å². The van der Waals surface area contributed by atoms with Crippen LogP contribution < -0.4 is 20.1 Å². The Hall–Kier alpha value is -3.48. The van der Waals surface area contributed by atoms with Crippen LogP contribution in [0, 0.1) is 0 Å². The van der Waals surface area contributed by atoms with Crippen molar-refractivity contribution in [3.05, 3.63) is 72.8 Å². The molecule has 0 spiro atoms. The summed E-state index contributed by atoms with van der Waals surface area (Å²) in [5.74, 6) is 2.28. The fourth-order valence-corrected chi connectivity index (χ4v) is 3.09. The second kappa shape index (κ2) is 8.47. The first kappa shape index (κ1) is 17.9. The Balaban J connectivity index is 1.33. The van der Waals surface area contributed by atoms with Gasteiger partial charge in [-0.25, -0.2) is 4.98 Å². The number of guanidine groups is 1. The maximum atomic E-state index is 5.98. The molecule has 0 saturated heterocycles. The molecule has 4 rings (SSSR count). The molecule has 0 saturated carbocycles. The van der Waals surface area contributed by atoms with Crippen LogP contribution in [-0.4, -0.2) is 41.8 Å². The third-order valence-electron chi connectivity index (χ3n) is 4.51. The third kappa shape index (κ3) is 4.09. The Kier molecular flexibility index (Phi) is 5.42. The summed E-state index contributed by atoms with van der Waals surface area (Å²) in [4.78, 5) is 8.43. The summed E-state index contributed by atoms with van der Waals surface area (Å²) < 4.78 is 13.7. The van der Waals surface area contributed by atoms with Crippen molar-refractivity contribution in [1.29, 1.82) is 0 Å². The number of imidazole rings is 1. The van der Waals surface area contributed by atoms with Crippen LogP contribution in [0.3, 0.4) is 0 Å². The third-order valence-corrected chi connectivity index (χ3v) is 4.51. The first-order valence-electron chi connectivity index (χ1n) is 9.23. The van der Waals surface area contributed by atoms with Crippen LogP contribution >= 0.6 is 0 Å². The molecule has 2 aromatic carbocycles. The number of benzene rings is 2. The molecule has 0 bridgehead atoms. The standard InChI is InChI=1S/C21H23N5O2/c1-22-21(25-13-17-14-27-19-8-4-5-9-20(19)28-17)24-12-16-6-2-3-7-18(16)26-11-10-23-15-26/h2-11,15,17H,12-14H2,1H3,(H2,22,24,25). The minimum absolute atomic E-state index is 0.0771. The molecule has 7 heteroatoms. The van der Waals surface area contributed by atoms with Gasteiger partial charge in [-0.1, -0.05) is 30.3 Å². The van der Waals surface area contributed by atoms with Gasteiger partial charge < -0.3 is 24.7 Å². The number of hydrogen-bond acceptors (Lipinski definition) is 4. The Morgan fingerprint density at radius 3 is 2.79 bits per heavy atom. The van der Waals surface area contributed by atoms with Crippen LogP contribution in [0.1, 0.15) is 5.56 Å². The molecule has 1 aliphatic heterocycles. The van der Waals surface area contributed by atoms with Gasteiger partial charge in [0.2, 0.25) is 0 Å². The van der Waals surface area contributed by atoms with Crippen molar-refractivity contribution < 1.29 is 9.47 Å².